The number of nitrogen functional groups attached to an aromatic ring is 1. The highest BCUT2D eigenvalue weighted by Gasteiger charge is 2.19. The summed E-state index contributed by atoms with van der Waals surface area (Å²) in [5.41, 5.74) is 6.21. The molecule has 0 aliphatic carbocycles. The van der Waals surface area contributed by atoms with E-state index < -0.39 is 17.4 Å². The van der Waals surface area contributed by atoms with Crippen molar-refractivity contribution in [3.05, 3.63) is 77.6 Å². The number of benzene rings is 2. The normalized spacial score (nSPS) is 10.6. The van der Waals surface area contributed by atoms with Gasteiger partial charge in [-0.25, -0.2) is 13.8 Å². The fraction of sp³-hybridized carbons (Fsp3) is 0. The Morgan fingerprint density at radius 1 is 1.09 bits per heavy atom. The lowest BCUT2D eigenvalue weighted by Gasteiger charge is -2.12. The molecule has 0 unspecified atom stereocenters. The van der Waals surface area contributed by atoms with Crippen molar-refractivity contribution < 1.29 is 13.6 Å². The molecule has 110 valence electrons. The van der Waals surface area contributed by atoms with Crippen molar-refractivity contribution in [2.75, 3.05) is 5.73 Å². The highest BCUT2D eigenvalue weighted by atomic mass is 19.2. The number of hydrogen-bond donors (Lipinski definition) is 1. The van der Waals surface area contributed by atoms with Gasteiger partial charge >= 0.3 is 0 Å². The second kappa shape index (κ2) is 5.40. The van der Waals surface area contributed by atoms with Crippen molar-refractivity contribution in [2.24, 2.45) is 0 Å². The highest BCUT2D eigenvalue weighted by molar-refractivity contribution is 6.11. The molecule has 3 aromatic rings. The van der Waals surface area contributed by atoms with Crippen molar-refractivity contribution in [3.8, 4) is 5.69 Å². The minimum atomic E-state index is -1.10. The second-order valence-electron chi connectivity index (χ2n) is 4.63. The molecule has 22 heavy (non-hydrogen) atoms. The fourth-order valence-corrected chi connectivity index (χ4v) is 2.18. The molecule has 6 heteroatoms. The maximum absolute atomic E-state index is 13.6. The third kappa shape index (κ3) is 2.35. The van der Waals surface area contributed by atoms with E-state index in [-0.39, 0.29) is 17.2 Å². The first-order valence-electron chi connectivity index (χ1n) is 6.46. The van der Waals surface area contributed by atoms with Crippen LogP contribution in [0, 0.1) is 11.6 Å². The number of nitrogens with zero attached hydrogens (tertiary/aromatic N) is 2. The van der Waals surface area contributed by atoms with Gasteiger partial charge in [0.2, 0.25) is 5.95 Å². The van der Waals surface area contributed by atoms with Crippen molar-refractivity contribution in [1.82, 2.24) is 9.55 Å². The zero-order chi connectivity index (χ0) is 15.7. The Morgan fingerprint density at radius 3 is 2.41 bits per heavy atom. The number of carbonyl (C=O) groups excluding carboxylic acids is 1. The molecule has 0 aliphatic rings. The van der Waals surface area contributed by atoms with Gasteiger partial charge in [-0.05, 0) is 6.07 Å². The highest BCUT2D eigenvalue weighted by Crippen LogP contribution is 2.24. The van der Waals surface area contributed by atoms with Crippen LogP contribution >= 0.6 is 0 Å². The molecule has 0 atom stereocenters. The van der Waals surface area contributed by atoms with Crippen LogP contribution in [0.1, 0.15) is 15.9 Å². The lowest BCUT2D eigenvalue weighted by molar-refractivity contribution is 0.103. The molecule has 1 heterocycles. The van der Waals surface area contributed by atoms with Gasteiger partial charge in [0.15, 0.2) is 17.4 Å². The third-order valence-electron chi connectivity index (χ3n) is 3.25. The summed E-state index contributed by atoms with van der Waals surface area (Å²) in [5, 5.41) is 0. The van der Waals surface area contributed by atoms with Crippen LogP contribution in [0.15, 0.2) is 54.9 Å². The van der Waals surface area contributed by atoms with Crippen LogP contribution in [-0.2, 0) is 0 Å². The lowest BCUT2D eigenvalue weighted by atomic mass is 10.0. The number of rotatable bonds is 3. The van der Waals surface area contributed by atoms with E-state index in [1.165, 1.54) is 17.0 Å². The van der Waals surface area contributed by atoms with Gasteiger partial charge in [-0.3, -0.25) is 9.36 Å². The standard InChI is InChI=1S/C16H11F2N3O/c17-12-8-11(15(22)10-4-2-1-3-5-10)14(9-13(12)18)21-7-6-20-16(21)19/h1-9H,(H2,19,20). The van der Waals surface area contributed by atoms with E-state index in [1.54, 1.807) is 30.3 Å². The van der Waals surface area contributed by atoms with Crippen molar-refractivity contribution in [1.29, 1.82) is 0 Å². The molecule has 2 aromatic carbocycles. The maximum atomic E-state index is 13.6. The Bertz CT molecular complexity index is 844. The largest absolute Gasteiger partial charge is 0.369 e. The fourth-order valence-electron chi connectivity index (χ4n) is 2.18. The number of carbonyl (C=O) groups is 1. The summed E-state index contributed by atoms with van der Waals surface area (Å²) in [6.45, 7) is 0. The molecule has 4 nitrogen and oxygen atoms in total. The zero-order valence-corrected chi connectivity index (χ0v) is 11.3. The molecule has 0 bridgehead atoms. The molecule has 0 spiro atoms. The predicted molar refractivity (Wildman–Crippen MR) is 77.8 cm³/mol. The second-order valence-corrected chi connectivity index (χ2v) is 4.63. The predicted octanol–water partition coefficient (Wildman–Crippen LogP) is 2.96. The van der Waals surface area contributed by atoms with Crippen LogP contribution in [0.3, 0.4) is 0 Å². The van der Waals surface area contributed by atoms with E-state index in [2.05, 4.69) is 4.98 Å². The van der Waals surface area contributed by atoms with Crippen LogP contribution in [-0.4, -0.2) is 15.3 Å². The number of hydrogen-bond acceptors (Lipinski definition) is 3. The third-order valence-corrected chi connectivity index (χ3v) is 3.25. The Morgan fingerprint density at radius 2 is 1.77 bits per heavy atom. The maximum Gasteiger partial charge on any atom is 0.204 e. The Balaban J connectivity index is 2.21. The first-order chi connectivity index (χ1) is 10.6. The smallest absolute Gasteiger partial charge is 0.204 e. The molecular weight excluding hydrogens is 288 g/mol. The average Bonchev–Trinajstić information content (AvgIpc) is 2.96. The Hall–Kier alpha value is -3.02. The molecule has 3 rings (SSSR count). The molecule has 0 amide bonds. The molecule has 0 aliphatic heterocycles. The summed E-state index contributed by atoms with van der Waals surface area (Å²) >= 11 is 0. The molecule has 0 fully saturated rings. The molecule has 0 saturated carbocycles. The quantitative estimate of drug-likeness (QED) is 0.756. The summed E-state index contributed by atoms with van der Waals surface area (Å²) in [6.07, 6.45) is 2.89. The minimum absolute atomic E-state index is 0.00907. The van der Waals surface area contributed by atoms with Crippen LogP contribution in [0.4, 0.5) is 14.7 Å². The SMILES string of the molecule is Nc1nccn1-c1cc(F)c(F)cc1C(=O)c1ccccc1. The van der Waals surface area contributed by atoms with Crippen molar-refractivity contribution in [3.63, 3.8) is 0 Å². The number of anilines is 1. The van der Waals surface area contributed by atoms with E-state index in [0.717, 1.165) is 12.1 Å². The number of ketones is 1. The Labute approximate surface area is 124 Å². The number of aromatic nitrogens is 2. The van der Waals surface area contributed by atoms with Crippen molar-refractivity contribution in [2.45, 2.75) is 0 Å². The van der Waals surface area contributed by atoms with E-state index in [0.29, 0.717) is 5.56 Å². The van der Waals surface area contributed by atoms with Crippen molar-refractivity contribution >= 4 is 11.7 Å². The van der Waals surface area contributed by atoms with E-state index in [9.17, 15) is 13.6 Å². The minimum Gasteiger partial charge on any atom is -0.369 e. The average molecular weight is 299 g/mol. The molecule has 0 saturated heterocycles. The molecule has 0 radical (unpaired) electrons. The van der Waals surface area contributed by atoms with E-state index in [4.69, 9.17) is 5.73 Å². The molecule has 2 N–H and O–H groups in total. The summed E-state index contributed by atoms with van der Waals surface area (Å²) in [5.74, 6) is -2.51. The van der Waals surface area contributed by atoms with E-state index >= 15 is 0 Å². The number of halogens is 2. The first kappa shape index (κ1) is 13.9. The monoisotopic (exact) mass is 299 g/mol. The van der Waals surface area contributed by atoms with Gasteiger partial charge in [0.25, 0.3) is 0 Å². The number of imidazole rings is 1. The Kier molecular flexibility index (Phi) is 3.42. The van der Waals surface area contributed by atoms with Gasteiger partial charge in [-0.2, -0.15) is 0 Å². The summed E-state index contributed by atoms with van der Waals surface area (Å²) in [6, 6.07) is 10.2. The van der Waals surface area contributed by atoms with E-state index in [1.807, 2.05) is 0 Å². The van der Waals surface area contributed by atoms with Gasteiger partial charge in [0.05, 0.1) is 5.69 Å². The van der Waals surface area contributed by atoms with Gasteiger partial charge < -0.3 is 5.73 Å². The van der Waals surface area contributed by atoms with Crippen LogP contribution in [0.25, 0.3) is 5.69 Å². The van der Waals surface area contributed by atoms with Gasteiger partial charge in [-0.1, -0.05) is 30.3 Å². The van der Waals surface area contributed by atoms with Gasteiger partial charge in [0, 0.05) is 29.6 Å². The zero-order valence-electron chi connectivity index (χ0n) is 11.3. The topological polar surface area (TPSA) is 60.9 Å². The molecular formula is C16H11F2N3O. The summed E-state index contributed by atoms with van der Waals surface area (Å²) < 4.78 is 28.5. The summed E-state index contributed by atoms with van der Waals surface area (Å²) in [7, 11) is 0. The molecule has 1 aromatic heterocycles. The summed E-state index contributed by atoms with van der Waals surface area (Å²) in [4.78, 5) is 16.4. The van der Waals surface area contributed by atoms with Gasteiger partial charge in [-0.15, -0.1) is 0 Å². The van der Waals surface area contributed by atoms with Crippen LogP contribution < -0.4 is 5.73 Å². The van der Waals surface area contributed by atoms with Crippen LogP contribution in [0.5, 0.6) is 0 Å². The van der Waals surface area contributed by atoms with Crippen LogP contribution in [0.2, 0.25) is 0 Å². The first-order valence-corrected chi connectivity index (χ1v) is 6.46. The number of nitrogens with two attached hydrogens (primary N) is 1. The van der Waals surface area contributed by atoms with Gasteiger partial charge in [0.1, 0.15) is 0 Å². The lowest BCUT2D eigenvalue weighted by Crippen LogP contribution is -2.10.